The molecule has 1 amide bonds. The molecule has 140 valence electrons. The van der Waals surface area contributed by atoms with Gasteiger partial charge in [-0.25, -0.2) is 8.42 Å². The molecule has 0 aliphatic rings. The number of hydrogen-bond acceptors (Lipinski definition) is 3. The van der Waals surface area contributed by atoms with Gasteiger partial charge in [0.05, 0.1) is 11.9 Å². The molecule has 5 nitrogen and oxygen atoms in total. The van der Waals surface area contributed by atoms with Crippen molar-refractivity contribution in [2.75, 3.05) is 17.1 Å². The third kappa shape index (κ3) is 5.88. The molecule has 0 aliphatic heterocycles. The predicted molar refractivity (Wildman–Crippen MR) is 106 cm³/mol. The lowest BCUT2D eigenvalue weighted by molar-refractivity contribution is -0.121. The van der Waals surface area contributed by atoms with Crippen LogP contribution in [0.1, 0.15) is 29.5 Å². The fraction of sp³-hybridized carbons (Fsp3) is 0.350. The molecule has 0 fully saturated rings. The van der Waals surface area contributed by atoms with E-state index in [-0.39, 0.29) is 18.9 Å². The van der Waals surface area contributed by atoms with E-state index >= 15 is 0 Å². The molecule has 2 aromatic rings. The minimum Gasteiger partial charge on any atom is -0.352 e. The molecule has 2 aromatic carbocycles. The van der Waals surface area contributed by atoms with E-state index in [0.29, 0.717) is 18.7 Å². The Morgan fingerprint density at radius 1 is 1.04 bits per heavy atom. The lowest BCUT2D eigenvalue weighted by Crippen LogP contribution is -2.32. The van der Waals surface area contributed by atoms with E-state index in [4.69, 9.17) is 0 Å². The highest BCUT2D eigenvalue weighted by Gasteiger charge is 2.17. The Morgan fingerprint density at radius 3 is 2.31 bits per heavy atom. The van der Waals surface area contributed by atoms with Crippen LogP contribution in [0.15, 0.2) is 48.5 Å². The van der Waals surface area contributed by atoms with Crippen LogP contribution in [-0.2, 0) is 21.4 Å². The fourth-order valence-corrected chi connectivity index (χ4v) is 3.64. The van der Waals surface area contributed by atoms with Crippen LogP contribution in [0.3, 0.4) is 0 Å². The van der Waals surface area contributed by atoms with Gasteiger partial charge >= 0.3 is 0 Å². The van der Waals surface area contributed by atoms with Gasteiger partial charge in [-0.2, -0.15) is 0 Å². The second-order valence-electron chi connectivity index (χ2n) is 6.48. The van der Waals surface area contributed by atoms with Crippen molar-refractivity contribution in [1.82, 2.24) is 5.32 Å². The zero-order valence-electron chi connectivity index (χ0n) is 15.5. The Kier molecular flexibility index (Phi) is 6.80. The molecule has 1 N–H and O–H groups in total. The number of carbonyl (C=O) groups excluding carboxylic acids is 1. The highest BCUT2D eigenvalue weighted by molar-refractivity contribution is 7.92. The minimum atomic E-state index is -3.39. The Balaban J connectivity index is 1.88. The molecule has 0 saturated heterocycles. The maximum Gasteiger partial charge on any atom is 0.232 e. The summed E-state index contributed by atoms with van der Waals surface area (Å²) in [6, 6.07) is 15.2. The maximum absolute atomic E-state index is 12.1. The van der Waals surface area contributed by atoms with Crippen LogP contribution < -0.4 is 9.62 Å². The van der Waals surface area contributed by atoms with Crippen LogP contribution in [0.5, 0.6) is 0 Å². The van der Waals surface area contributed by atoms with Crippen LogP contribution in [-0.4, -0.2) is 27.1 Å². The van der Waals surface area contributed by atoms with Gasteiger partial charge in [0.25, 0.3) is 0 Å². The minimum absolute atomic E-state index is 0.0781. The van der Waals surface area contributed by atoms with Crippen molar-refractivity contribution in [2.24, 2.45) is 0 Å². The lowest BCUT2D eigenvalue weighted by atomic mass is 10.1. The number of benzene rings is 2. The topological polar surface area (TPSA) is 66.5 Å². The zero-order valence-corrected chi connectivity index (χ0v) is 16.3. The van der Waals surface area contributed by atoms with Crippen molar-refractivity contribution >= 4 is 21.6 Å². The molecule has 0 aromatic heterocycles. The molecule has 0 aliphatic carbocycles. The summed E-state index contributed by atoms with van der Waals surface area (Å²) in [5.74, 6) is -0.0781. The number of anilines is 1. The molecule has 0 atom stereocenters. The van der Waals surface area contributed by atoms with Gasteiger partial charge in [-0.3, -0.25) is 9.10 Å². The summed E-state index contributed by atoms with van der Waals surface area (Å²) in [6.45, 7) is 4.72. The van der Waals surface area contributed by atoms with Gasteiger partial charge in [0.2, 0.25) is 15.9 Å². The Morgan fingerprint density at radius 2 is 1.69 bits per heavy atom. The second-order valence-corrected chi connectivity index (χ2v) is 8.38. The van der Waals surface area contributed by atoms with E-state index < -0.39 is 10.0 Å². The molecule has 0 saturated carbocycles. The summed E-state index contributed by atoms with van der Waals surface area (Å²) in [5.41, 5.74) is 3.91. The average Bonchev–Trinajstić information content (AvgIpc) is 2.58. The Labute approximate surface area is 156 Å². The van der Waals surface area contributed by atoms with E-state index in [1.165, 1.54) is 10.6 Å². The van der Waals surface area contributed by atoms with Gasteiger partial charge in [-0.05, 0) is 43.5 Å². The number of amides is 1. The van der Waals surface area contributed by atoms with Gasteiger partial charge in [0, 0.05) is 19.5 Å². The number of sulfonamides is 1. The smallest absolute Gasteiger partial charge is 0.232 e. The van der Waals surface area contributed by atoms with Crippen LogP contribution in [0.4, 0.5) is 5.69 Å². The molecule has 6 heteroatoms. The standard InChI is InChI=1S/C20H26N2O3S/c1-16-10-12-19(13-11-16)22(26(3,24)25)14-6-9-20(23)21-15-18-8-5-4-7-17(18)2/h4-5,7-8,10-13H,6,9,14-15H2,1-3H3,(H,21,23). The van der Waals surface area contributed by atoms with Crippen LogP contribution in [0, 0.1) is 13.8 Å². The van der Waals surface area contributed by atoms with Crippen molar-refractivity contribution in [3.05, 3.63) is 65.2 Å². The highest BCUT2D eigenvalue weighted by Crippen LogP contribution is 2.19. The molecule has 0 radical (unpaired) electrons. The summed E-state index contributed by atoms with van der Waals surface area (Å²) < 4.78 is 25.5. The van der Waals surface area contributed by atoms with E-state index in [2.05, 4.69) is 5.32 Å². The molecule has 0 bridgehead atoms. The van der Waals surface area contributed by atoms with E-state index in [9.17, 15) is 13.2 Å². The van der Waals surface area contributed by atoms with E-state index in [0.717, 1.165) is 16.7 Å². The normalized spacial score (nSPS) is 11.2. The van der Waals surface area contributed by atoms with Gasteiger partial charge in [0.15, 0.2) is 0 Å². The SMILES string of the molecule is Cc1ccc(N(CCCC(=O)NCc2ccccc2C)S(C)(=O)=O)cc1. The molecule has 2 rings (SSSR count). The number of aryl methyl sites for hydroxylation is 2. The number of hydrogen-bond donors (Lipinski definition) is 1. The van der Waals surface area contributed by atoms with Crippen molar-refractivity contribution in [2.45, 2.75) is 33.2 Å². The maximum atomic E-state index is 12.1. The summed E-state index contributed by atoms with van der Waals surface area (Å²) in [6.07, 6.45) is 1.93. The molecular weight excluding hydrogens is 348 g/mol. The summed E-state index contributed by atoms with van der Waals surface area (Å²) >= 11 is 0. The molecular formula is C20H26N2O3S. The number of rotatable bonds is 8. The molecule has 0 unspecified atom stereocenters. The number of nitrogens with zero attached hydrogens (tertiary/aromatic N) is 1. The average molecular weight is 375 g/mol. The van der Waals surface area contributed by atoms with Crippen molar-refractivity contribution < 1.29 is 13.2 Å². The first-order valence-electron chi connectivity index (χ1n) is 8.63. The Bertz CT molecular complexity index is 846. The predicted octanol–water partition coefficient (Wildman–Crippen LogP) is 3.17. The molecule has 26 heavy (non-hydrogen) atoms. The van der Waals surface area contributed by atoms with Gasteiger partial charge in [-0.15, -0.1) is 0 Å². The number of nitrogens with one attached hydrogen (secondary N) is 1. The van der Waals surface area contributed by atoms with E-state index in [1.54, 1.807) is 12.1 Å². The van der Waals surface area contributed by atoms with Crippen LogP contribution in [0.2, 0.25) is 0 Å². The first kappa shape index (κ1) is 20.0. The Hall–Kier alpha value is -2.34. The van der Waals surface area contributed by atoms with Gasteiger partial charge in [0.1, 0.15) is 0 Å². The quantitative estimate of drug-likeness (QED) is 0.772. The monoisotopic (exact) mass is 374 g/mol. The van der Waals surface area contributed by atoms with Crippen molar-refractivity contribution in [3.8, 4) is 0 Å². The summed E-state index contributed by atoms with van der Waals surface area (Å²) in [7, 11) is -3.39. The fourth-order valence-electron chi connectivity index (χ4n) is 2.67. The van der Waals surface area contributed by atoms with Gasteiger partial charge in [-0.1, -0.05) is 42.0 Å². The molecule has 0 heterocycles. The summed E-state index contributed by atoms with van der Waals surface area (Å²) in [4.78, 5) is 12.1. The first-order valence-corrected chi connectivity index (χ1v) is 10.5. The third-order valence-electron chi connectivity index (χ3n) is 4.22. The van der Waals surface area contributed by atoms with Crippen molar-refractivity contribution in [1.29, 1.82) is 0 Å². The van der Waals surface area contributed by atoms with Crippen LogP contribution in [0.25, 0.3) is 0 Å². The van der Waals surface area contributed by atoms with Gasteiger partial charge < -0.3 is 5.32 Å². The zero-order chi connectivity index (χ0) is 19.2. The van der Waals surface area contributed by atoms with Crippen molar-refractivity contribution in [3.63, 3.8) is 0 Å². The lowest BCUT2D eigenvalue weighted by Gasteiger charge is -2.22. The highest BCUT2D eigenvalue weighted by atomic mass is 32.2. The molecule has 0 spiro atoms. The third-order valence-corrected chi connectivity index (χ3v) is 5.42. The number of carbonyl (C=O) groups is 1. The first-order chi connectivity index (χ1) is 12.3. The largest absolute Gasteiger partial charge is 0.352 e. The van der Waals surface area contributed by atoms with E-state index in [1.807, 2.05) is 50.2 Å². The van der Waals surface area contributed by atoms with Crippen LogP contribution >= 0.6 is 0 Å². The second kappa shape index (κ2) is 8.85. The summed E-state index contributed by atoms with van der Waals surface area (Å²) in [5, 5.41) is 2.89.